The normalized spacial score (nSPS) is 10.9. The third-order valence-electron chi connectivity index (χ3n) is 4.21. The van der Waals surface area contributed by atoms with Crippen LogP contribution in [0.3, 0.4) is 0 Å². The number of nitrogens with two attached hydrogens (primary N) is 1. The molecule has 0 radical (unpaired) electrons. The number of benzene rings is 3. The van der Waals surface area contributed by atoms with E-state index in [9.17, 15) is 0 Å². The number of anilines is 1. The van der Waals surface area contributed by atoms with Crippen molar-refractivity contribution in [3.63, 3.8) is 0 Å². The van der Waals surface area contributed by atoms with Gasteiger partial charge in [0.25, 0.3) is 0 Å². The molecule has 0 saturated carbocycles. The maximum atomic E-state index is 6.08. The van der Waals surface area contributed by atoms with Gasteiger partial charge in [-0.05, 0) is 29.8 Å². The number of aromatic nitrogens is 1. The average Bonchev–Trinajstić information content (AvgIpc) is 3.08. The van der Waals surface area contributed by atoms with Crippen molar-refractivity contribution in [1.82, 2.24) is 4.98 Å². The molecule has 0 fully saturated rings. The van der Waals surface area contributed by atoms with Crippen LogP contribution >= 0.6 is 0 Å². The highest BCUT2D eigenvalue weighted by Crippen LogP contribution is 2.31. The van der Waals surface area contributed by atoms with E-state index in [0.717, 1.165) is 28.6 Å². The molecular formula is C21H18N2O2. The summed E-state index contributed by atoms with van der Waals surface area (Å²) >= 11 is 0. The summed E-state index contributed by atoms with van der Waals surface area (Å²) in [6.45, 7) is 0. The number of fused-ring (bicyclic) bond motifs is 1. The molecule has 4 rings (SSSR count). The lowest BCUT2D eigenvalue weighted by Gasteiger charge is -2.04. The smallest absolute Gasteiger partial charge is 0.227 e. The molecule has 124 valence electrons. The number of methoxy groups -OCH3 is 1. The van der Waals surface area contributed by atoms with Crippen LogP contribution in [-0.4, -0.2) is 12.1 Å². The molecule has 2 N–H and O–H groups in total. The Morgan fingerprint density at radius 3 is 2.60 bits per heavy atom. The van der Waals surface area contributed by atoms with Crippen molar-refractivity contribution in [2.45, 2.75) is 6.42 Å². The fourth-order valence-corrected chi connectivity index (χ4v) is 2.95. The van der Waals surface area contributed by atoms with Gasteiger partial charge in [0, 0.05) is 17.5 Å². The number of nitrogen functional groups attached to an aromatic ring is 1. The molecule has 1 aromatic heterocycles. The van der Waals surface area contributed by atoms with E-state index in [0.29, 0.717) is 17.3 Å². The first-order valence-electron chi connectivity index (χ1n) is 8.11. The number of oxazole rings is 1. The zero-order valence-corrected chi connectivity index (χ0v) is 13.9. The fraction of sp³-hybridized carbons (Fsp3) is 0.0952. The molecule has 4 aromatic rings. The average molecular weight is 330 g/mol. The van der Waals surface area contributed by atoms with Crippen LogP contribution in [0, 0.1) is 0 Å². The van der Waals surface area contributed by atoms with Crippen molar-refractivity contribution in [3.05, 3.63) is 77.9 Å². The standard InChI is InChI=1S/C21H18N2O2/c1-24-19-11-10-16(13-17(19)22)21-23-18-9-5-8-15(20(18)25-21)12-14-6-3-2-4-7-14/h2-11,13H,12,22H2,1H3. The van der Waals surface area contributed by atoms with Crippen molar-refractivity contribution in [1.29, 1.82) is 0 Å². The molecule has 0 aliphatic carbocycles. The second-order valence-corrected chi connectivity index (χ2v) is 5.90. The number of ether oxygens (including phenoxy) is 1. The summed E-state index contributed by atoms with van der Waals surface area (Å²) in [4.78, 5) is 4.62. The van der Waals surface area contributed by atoms with E-state index in [4.69, 9.17) is 14.9 Å². The summed E-state index contributed by atoms with van der Waals surface area (Å²) in [5.74, 6) is 1.20. The lowest BCUT2D eigenvalue weighted by atomic mass is 10.0. The summed E-state index contributed by atoms with van der Waals surface area (Å²) in [5, 5.41) is 0. The van der Waals surface area contributed by atoms with E-state index in [-0.39, 0.29) is 0 Å². The van der Waals surface area contributed by atoms with Gasteiger partial charge in [-0.1, -0.05) is 42.5 Å². The molecule has 0 amide bonds. The molecule has 0 unspecified atom stereocenters. The summed E-state index contributed by atoms with van der Waals surface area (Å²) in [6, 6.07) is 21.9. The van der Waals surface area contributed by atoms with Gasteiger partial charge in [0.1, 0.15) is 11.3 Å². The predicted molar refractivity (Wildman–Crippen MR) is 99.7 cm³/mol. The summed E-state index contributed by atoms with van der Waals surface area (Å²) in [6.07, 6.45) is 0.803. The third-order valence-corrected chi connectivity index (χ3v) is 4.21. The highest BCUT2D eigenvalue weighted by Gasteiger charge is 2.13. The minimum atomic E-state index is 0.560. The Hall–Kier alpha value is -3.27. The van der Waals surface area contributed by atoms with E-state index < -0.39 is 0 Å². The molecule has 1 heterocycles. The van der Waals surface area contributed by atoms with Gasteiger partial charge in [-0.2, -0.15) is 0 Å². The Bertz CT molecular complexity index is 1020. The van der Waals surface area contributed by atoms with Gasteiger partial charge in [0.2, 0.25) is 5.89 Å². The Morgan fingerprint density at radius 2 is 1.84 bits per heavy atom. The summed E-state index contributed by atoms with van der Waals surface area (Å²) in [7, 11) is 1.60. The maximum absolute atomic E-state index is 6.08. The van der Waals surface area contributed by atoms with Gasteiger partial charge in [0.15, 0.2) is 5.58 Å². The maximum Gasteiger partial charge on any atom is 0.227 e. The zero-order valence-electron chi connectivity index (χ0n) is 13.9. The van der Waals surface area contributed by atoms with Gasteiger partial charge in [-0.25, -0.2) is 4.98 Å². The fourth-order valence-electron chi connectivity index (χ4n) is 2.95. The van der Waals surface area contributed by atoms with E-state index in [1.807, 2.05) is 48.5 Å². The third kappa shape index (κ3) is 2.94. The molecular weight excluding hydrogens is 312 g/mol. The summed E-state index contributed by atoms with van der Waals surface area (Å²) < 4.78 is 11.3. The van der Waals surface area contributed by atoms with Gasteiger partial charge in [-0.15, -0.1) is 0 Å². The minimum absolute atomic E-state index is 0.560. The molecule has 0 atom stereocenters. The first-order chi connectivity index (χ1) is 12.2. The van der Waals surface area contributed by atoms with Crippen LogP contribution in [0.4, 0.5) is 5.69 Å². The first kappa shape index (κ1) is 15.3. The predicted octanol–water partition coefficient (Wildman–Crippen LogP) is 4.68. The Morgan fingerprint density at radius 1 is 1.00 bits per heavy atom. The van der Waals surface area contributed by atoms with Gasteiger partial charge < -0.3 is 14.9 Å². The Kier molecular flexibility index (Phi) is 3.86. The minimum Gasteiger partial charge on any atom is -0.495 e. The quantitative estimate of drug-likeness (QED) is 0.552. The van der Waals surface area contributed by atoms with Crippen molar-refractivity contribution >= 4 is 16.8 Å². The summed E-state index contributed by atoms with van der Waals surface area (Å²) in [5.41, 5.74) is 11.4. The molecule has 4 nitrogen and oxygen atoms in total. The van der Waals surface area contributed by atoms with Crippen LogP contribution in [0.25, 0.3) is 22.6 Å². The number of nitrogens with zero attached hydrogens (tertiary/aromatic N) is 1. The van der Waals surface area contributed by atoms with Crippen molar-refractivity contribution in [2.24, 2.45) is 0 Å². The number of rotatable bonds is 4. The van der Waals surface area contributed by atoms with Crippen LogP contribution in [0.1, 0.15) is 11.1 Å². The lowest BCUT2D eigenvalue weighted by Crippen LogP contribution is -1.92. The first-order valence-corrected chi connectivity index (χ1v) is 8.11. The molecule has 0 spiro atoms. The van der Waals surface area contributed by atoms with Gasteiger partial charge in [-0.3, -0.25) is 0 Å². The Labute approximate surface area is 145 Å². The molecule has 0 aliphatic rings. The van der Waals surface area contributed by atoms with Gasteiger partial charge in [0.05, 0.1) is 12.8 Å². The van der Waals surface area contributed by atoms with Gasteiger partial charge >= 0.3 is 0 Å². The number of para-hydroxylation sites is 1. The van der Waals surface area contributed by atoms with Crippen LogP contribution in [0.5, 0.6) is 5.75 Å². The highest BCUT2D eigenvalue weighted by molar-refractivity contribution is 5.80. The van der Waals surface area contributed by atoms with Crippen LogP contribution in [0.15, 0.2) is 71.1 Å². The number of hydrogen-bond acceptors (Lipinski definition) is 4. The van der Waals surface area contributed by atoms with E-state index in [1.165, 1.54) is 5.56 Å². The second-order valence-electron chi connectivity index (χ2n) is 5.90. The van der Waals surface area contributed by atoms with Crippen molar-refractivity contribution in [2.75, 3.05) is 12.8 Å². The SMILES string of the molecule is COc1ccc(-c2nc3cccc(Cc4ccccc4)c3o2)cc1N. The zero-order chi connectivity index (χ0) is 17.2. The lowest BCUT2D eigenvalue weighted by molar-refractivity contribution is 0.417. The molecule has 0 bridgehead atoms. The van der Waals surface area contributed by atoms with Crippen LogP contribution in [0.2, 0.25) is 0 Å². The van der Waals surface area contributed by atoms with Crippen LogP contribution in [-0.2, 0) is 6.42 Å². The molecule has 0 saturated heterocycles. The highest BCUT2D eigenvalue weighted by atomic mass is 16.5. The van der Waals surface area contributed by atoms with Crippen molar-refractivity contribution < 1.29 is 9.15 Å². The molecule has 3 aromatic carbocycles. The Balaban J connectivity index is 1.75. The molecule has 25 heavy (non-hydrogen) atoms. The monoisotopic (exact) mass is 330 g/mol. The molecule has 4 heteroatoms. The van der Waals surface area contributed by atoms with E-state index in [1.54, 1.807) is 7.11 Å². The molecule has 0 aliphatic heterocycles. The van der Waals surface area contributed by atoms with E-state index >= 15 is 0 Å². The van der Waals surface area contributed by atoms with Crippen molar-refractivity contribution in [3.8, 4) is 17.2 Å². The van der Waals surface area contributed by atoms with Crippen LogP contribution < -0.4 is 10.5 Å². The van der Waals surface area contributed by atoms with E-state index in [2.05, 4.69) is 23.2 Å². The number of hydrogen-bond donors (Lipinski definition) is 1. The topological polar surface area (TPSA) is 61.3 Å². The largest absolute Gasteiger partial charge is 0.495 e. The second kappa shape index (κ2) is 6.32.